The van der Waals surface area contributed by atoms with Gasteiger partial charge in [-0.2, -0.15) is 0 Å². The van der Waals surface area contributed by atoms with Crippen LogP contribution in [0.15, 0.2) is 41.3 Å². The first kappa shape index (κ1) is 18.2. The maximum absolute atomic E-state index is 12.9. The number of ether oxygens (including phenoxy) is 2. The molecule has 1 aliphatic heterocycles. The fraction of sp³-hybridized carbons (Fsp3) is 0.368. The lowest BCUT2D eigenvalue weighted by molar-refractivity contribution is 0.0998. The monoisotopic (exact) mass is 395 g/mol. The smallest absolute Gasteiger partial charge is 0.252 e. The summed E-state index contributed by atoms with van der Waals surface area (Å²) in [6.07, 6.45) is -0.266. The number of fused-ring (bicyclic) bond motifs is 1. The first-order chi connectivity index (χ1) is 12.8. The molecule has 2 aromatic rings. The zero-order valence-corrected chi connectivity index (χ0v) is 15.5. The fourth-order valence-corrected chi connectivity index (χ4v) is 4.29. The predicted molar refractivity (Wildman–Crippen MR) is 95.8 cm³/mol. The van der Waals surface area contributed by atoms with Crippen LogP contribution in [0.25, 0.3) is 11.1 Å². The topological polar surface area (TPSA) is 64.6 Å². The zero-order chi connectivity index (χ0) is 19.2. The second-order valence-electron chi connectivity index (χ2n) is 6.85. The summed E-state index contributed by atoms with van der Waals surface area (Å²) in [7, 11) is -3.83. The van der Waals surface area contributed by atoms with Crippen LogP contribution in [0.5, 0.6) is 11.5 Å². The first-order valence-corrected chi connectivity index (χ1v) is 10.1. The van der Waals surface area contributed by atoms with Gasteiger partial charge in [0.25, 0.3) is 5.92 Å². The van der Waals surface area contributed by atoms with E-state index in [-0.39, 0.29) is 17.9 Å². The summed E-state index contributed by atoms with van der Waals surface area (Å²) in [5.41, 5.74) is 2.50. The van der Waals surface area contributed by atoms with Gasteiger partial charge in [-0.3, -0.25) is 0 Å². The van der Waals surface area contributed by atoms with Gasteiger partial charge < -0.3 is 9.47 Å². The van der Waals surface area contributed by atoms with Gasteiger partial charge in [-0.15, -0.1) is 0 Å². The van der Waals surface area contributed by atoms with Crippen LogP contribution < -0.4 is 14.2 Å². The second-order valence-corrected chi connectivity index (χ2v) is 8.62. The Kier molecular flexibility index (Phi) is 4.35. The molecule has 1 saturated carbocycles. The van der Waals surface area contributed by atoms with Crippen molar-refractivity contribution in [3.8, 4) is 22.6 Å². The summed E-state index contributed by atoms with van der Waals surface area (Å²) in [6.45, 7) is 2.55. The largest absolute Gasteiger partial charge is 0.486 e. The molecule has 1 N–H and O–H groups in total. The number of rotatable bonds is 5. The van der Waals surface area contributed by atoms with E-state index in [1.165, 1.54) is 6.07 Å². The molecule has 1 unspecified atom stereocenters. The number of sulfonamides is 1. The molecule has 0 bridgehead atoms. The van der Waals surface area contributed by atoms with Gasteiger partial charge in [0.05, 0.1) is 4.90 Å². The van der Waals surface area contributed by atoms with Gasteiger partial charge in [0, 0.05) is 18.9 Å². The number of nitrogens with one attached hydrogen (secondary N) is 1. The van der Waals surface area contributed by atoms with Crippen molar-refractivity contribution >= 4 is 10.0 Å². The Hall–Kier alpha value is -2.19. The zero-order valence-electron chi connectivity index (χ0n) is 14.7. The molecule has 2 aromatic carbocycles. The quantitative estimate of drug-likeness (QED) is 0.843. The summed E-state index contributed by atoms with van der Waals surface area (Å²) in [5, 5.41) is 0. The van der Waals surface area contributed by atoms with Crippen LogP contribution in [-0.2, 0) is 10.0 Å². The number of benzene rings is 2. The van der Waals surface area contributed by atoms with Crippen LogP contribution in [0.1, 0.15) is 12.0 Å². The average Bonchev–Trinajstić information content (AvgIpc) is 3.26. The molecule has 2 aliphatic rings. The number of aryl methyl sites for hydroxylation is 1. The second kappa shape index (κ2) is 6.45. The molecular weight excluding hydrogens is 376 g/mol. The van der Waals surface area contributed by atoms with Gasteiger partial charge in [0.1, 0.15) is 13.2 Å². The minimum atomic E-state index is -3.83. The van der Waals surface area contributed by atoms with Gasteiger partial charge in [-0.05, 0) is 47.9 Å². The van der Waals surface area contributed by atoms with E-state index in [1.54, 1.807) is 19.1 Å². The van der Waals surface area contributed by atoms with Gasteiger partial charge in [0.15, 0.2) is 11.5 Å². The molecule has 1 heterocycles. The number of halogens is 2. The Balaban J connectivity index is 1.55. The van der Waals surface area contributed by atoms with Crippen molar-refractivity contribution in [2.75, 3.05) is 19.8 Å². The van der Waals surface area contributed by atoms with Crippen molar-refractivity contribution in [2.24, 2.45) is 5.92 Å². The third-order valence-electron chi connectivity index (χ3n) is 4.84. The lowest BCUT2D eigenvalue weighted by Gasteiger charge is -2.19. The van der Waals surface area contributed by atoms with E-state index in [4.69, 9.17) is 9.47 Å². The molecule has 1 aliphatic carbocycles. The van der Waals surface area contributed by atoms with Gasteiger partial charge in [-0.25, -0.2) is 21.9 Å². The molecule has 1 atom stereocenters. The highest BCUT2D eigenvalue weighted by Gasteiger charge is 2.56. The first-order valence-electron chi connectivity index (χ1n) is 8.64. The Labute approximate surface area is 156 Å². The lowest BCUT2D eigenvalue weighted by Crippen LogP contribution is -2.27. The lowest BCUT2D eigenvalue weighted by atomic mass is 10.0. The Morgan fingerprint density at radius 2 is 1.81 bits per heavy atom. The number of alkyl halides is 2. The Bertz CT molecular complexity index is 991. The van der Waals surface area contributed by atoms with E-state index in [1.807, 2.05) is 18.2 Å². The molecule has 144 valence electrons. The summed E-state index contributed by atoms with van der Waals surface area (Å²) in [6, 6.07) is 10.3. The summed E-state index contributed by atoms with van der Waals surface area (Å²) in [4.78, 5) is 0.0604. The normalized spacial score (nSPS) is 20.3. The van der Waals surface area contributed by atoms with Crippen LogP contribution in [0, 0.1) is 12.8 Å². The van der Waals surface area contributed by atoms with E-state index < -0.39 is 21.9 Å². The predicted octanol–water partition coefficient (Wildman–Crippen LogP) is 3.37. The molecule has 0 saturated heterocycles. The highest BCUT2D eigenvalue weighted by Crippen LogP contribution is 2.48. The van der Waals surface area contributed by atoms with Crippen LogP contribution in [0.3, 0.4) is 0 Å². The number of hydrogen-bond donors (Lipinski definition) is 1. The third-order valence-corrected chi connectivity index (χ3v) is 6.26. The third kappa shape index (κ3) is 3.64. The minimum Gasteiger partial charge on any atom is -0.486 e. The molecular formula is C19H19F2NO4S. The molecule has 8 heteroatoms. The van der Waals surface area contributed by atoms with E-state index in [0.717, 1.165) is 16.7 Å². The SMILES string of the molecule is Cc1cc(S(=O)(=O)NCC2CC2(F)F)ccc1-c1ccc2c(c1)OCCO2. The van der Waals surface area contributed by atoms with Crippen LogP contribution >= 0.6 is 0 Å². The minimum absolute atomic E-state index is 0.0604. The molecule has 4 rings (SSSR count). The number of hydrogen-bond acceptors (Lipinski definition) is 4. The van der Waals surface area contributed by atoms with E-state index in [9.17, 15) is 17.2 Å². The molecule has 0 radical (unpaired) electrons. The average molecular weight is 395 g/mol. The standard InChI is InChI=1S/C19H19F2NO4S/c1-12-8-15(27(23,24)22-11-14-10-19(14,20)21)3-4-16(12)13-2-5-17-18(9-13)26-7-6-25-17/h2-5,8-9,14,22H,6-7,10-11H2,1H3. The van der Waals surface area contributed by atoms with Crippen molar-refractivity contribution in [3.63, 3.8) is 0 Å². The Morgan fingerprint density at radius 3 is 2.48 bits per heavy atom. The van der Waals surface area contributed by atoms with Gasteiger partial charge in [-0.1, -0.05) is 12.1 Å². The van der Waals surface area contributed by atoms with Crippen molar-refractivity contribution in [3.05, 3.63) is 42.0 Å². The van der Waals surface area contributed by atoms with Gasteiger partial charge in [0.2, 0.25) is 10.0 Å². The van der Waals surface area contributed by atoms with E-state index >= 15 is 0 Å². The van der Waals surface area contributed by atoms with Gasteiger partial charge >= 0.3 is 0 Å². The highest BCUT2D eigenvalue weighted by atomic mass is 32.2. The summed E-state index contributed by atoms with van der Waals surface area (Å²) in [5.74, 6) is -2.32. The molecule has 0 spiro atoms. The maximum Gasteiger partial charge on any atom is 0.252 e. The fourth-order valence-electron chi connectivity index (χ4n) is 3.12. The van der Waals surface area contributed by atoms with Crippen molar-refractivity contribution in [1.29, 1.82) is 0 Å². The molecule has 0 aromatic heterocycles. The van der Waals surface area contributed by atoms with Crippen LogP contribution in [0.2, 0.25) is 0 Å². The van der Waals surface area contributed by atoms with Crippen LogP contribution in [-0.4, -0.2) is 34.1 Å². The van der Waals surface area contributed by atoms with Crippen LogP contribution in [0.4, 0.5) is 8.78 Å². The summed E-state index contributed by atoms with van der Waals surface area (Å²) < 4.78 is 64.0. The highest BCUT2D eigenvalue weighted by molar-refractivity contribution is 7.89. The van der Waals surface area contributed by atoms with Crippen molar-refractivity contribution < 1.29 is 26.7 Å². The summed E-state index contributed by atoms with van der Waals surface area (Å²) >= 11 is 0. The Morgan fingerprint density at radius 1 is 1.11 bits per heavy atom. The van der Waals surface area contributed by atoms with E-state index in [0.29, 0.717) is 24.7 Å². The molecule has 0 amide bonds. The molecule has 27 heavy (non-hydrogen) atoms. The van der Waals surface area contributed by atoms with E-state index in [2.05, 4.69) is 4.72 Å². The van der Waals surface area contributed by atoms with Crippen molar-refractivity contribution in [2.45, 2.75) is 24.2 Å². The van der Waals surface area contributed by atoms with Crippen molar-refractivity contribution in [1.82, 2.24) is 4.72 Å². The molecule has 5 nitrogen and oxygen atoms in total. The molecule has 1 fully saturated rings. The maximum atomic E-state index is 12.9.